The van der Waals surface area contributed by atoms with Crippen LogP contribution in [0.4, 0.5) is 4.39 Å². The topological polar surface area (TPSA) is 58.6 Å². The van der Waals surface area contributed by atoms with Crippen LogP contribution in [0.5, 0.6) is 5.75 Å². The Morgan fingerprint density at radius 1 is 1.00 bits per heavy atom. The fraction of sp³-hybridized carbons (Fsp3) is 0.136. The average molecular weight is 436 g/mol. The Labute approximate surface area is 179 Å². The number of halogens is 3. The van der Waals surface area contributed by atoms with Crippen LogP contribution < -0.4 is 10.1 Å². The second-order valence-corrected chi connectivity index (χ2v) is 6.67. The zero-order valence-corrected chi connectivity index (χ0v) is 17.0. The van der Waals surface area contributed by atoms with Gasteiger partial charge in [0.2, 0.25) is 0 Å². The van der Waals surface area contributed by atoms with Crippen molar-refractivity contribution in [1.82, 2.24) is 5.32 Å². The molecule has 0 aromatic heterocycles. The summed E-state index contributed by atoms with van der Waals surface area (Å²) in [5.41, 5.74) is 2.55. The van der Waals surface area contributed by atoms with E-state index in [1.54, 1.807) is 60.7 Å². The van der Waals surface area contributed by atoms with Gasteiger partial charge >= 0.3 is 5.97 Å². The van der Waals surface area contributed by atoms with E-state index in [-0.39, 0.29) is 30.4 Å². The maximum absolute atomic E-state index is 13.8. The van der Waals surface area contributed by atoms with Crippen molar-refractivity contribution in [3.63, 3.8) is 0 Å². The van der Waals surface area contributed by atoms with Gasteiger partial charge in [0.05, 0.1) is 5.56 Å². The highest BCUT2D eigenvalue weighted by Gasteiger charge is 2.08. The van der Waals surface area contributed by atoms with E-state index in [0.717, 1.165) is 11.1 Å². The molecule has 0 saturated carbocycles. The van der Waals surface area contributed by atoms with Crippen molar-refractivity contribution in [2.24, 2.45) is 0 Å². The summed E-state index contributed by atoms with van der Waals surface area (Å²) in [7, 11) is 0. The maximum Gasteiger partial charge on any atom is 0.335 e. The van der Waals surface area contributed by atoms with Crippen LogP contribution in [-0.2, 0) is 19.7 Å². The molecule has 0 spiro atoms. The number of carbonyl (C=O) groups is 1. The summed E-state index contributed by atoms with van der Waals surface area (Å²) in [6.45, 7) is 1.17. The first-order valence-electron chi connectivity index (χ1n) is 8.70. The minimum absolute atomic E-state index is 0. The molecule has 0 radical (unpaired) electrons. The van der Waals surface area contributed by atoms with E-state index in [9.17, 15) is 9.18 Å². The first-order valence-corrected chi connectivity index (χ1v) is 9.08. The van der Waals surface area contributed by atoms with Crippen molar-refractivity contribution in [2.75, 3.05) is 0 Å². The normalized spacial score (nSPS) is 10.3. The highest BCUT2D eigenvalue weighted by atomic mass is 35.5. The number of carboxylic acid groups (broad SMARTS) is 1. The van der Waals surface area contributed by atoms with Gasteiger partial charge in [0.15, 0.2) is 0 Å². The zero-order chi connectivity index (χ0) is 19.9. The Kier molecular flexibility index (Phi) is 8.46. The SMILES string of the molecule is Cl.O=C(O)c1ccc(CNCc2cc(Cl)ccc2OCc2ccccc2F)cc1. The molecule has 0 saturated heterocycles. The monoisotopic (exact) mass is 435 g/mol. The van der Waals surface area contributed by atoms with E-state index in [2.05, 4.69) is 5.32 Å². The van der Waals surface area contributed by atoms with Gasteiger partial charge in [-0.15, -0.1) is 12.4 Å². The molecule has 0 bridgehead atoms. The molecule has 0 amide bonds. The molecule has 0 aliphatic rings. The Hall–Kier alpha value is -2.60. The fourth-order valence-corrected chi connectivity index (χ4v) is 2.90. The summed E-state index contributed by atoms with van der Waals surface area (Å²) < 4.78 is 19.6. The van der Waals surface area contributed by atoms with Gasteiger partial charge in [-0.3, -0.25) is 0 Å². The summed E-state index contributed by atoms with van der Waals surface area (Å²) in [5.74, 6) is -0.627. The van der Waals surface area contributed by atoms with Crippen LogP contribution in [0, 0.1) is 5.82 Å². The van der Waals surface area contributed by atoms with Gasteiger partial charge in [-0.05, 0) is 42.0 Å². The molecule has 2 N–H and O–H groups in total. The molecule has 3 aromatic rings. The van der Waals surface area contributed by atoms with Crippen LogP contribution in [0.3, 0.4) is 0 Å². The molecular formula is C22H20Cl2FNO3. The highest BCUT2D eigenvalue weighted by molar-refractivity contribution is 6.30. The summed E-state index contributed by atoms with van der Waals surface area (Å²) in [6.07, 6.45) is 0. The summed E-state index contributed by atoms with van der Waals surface area (Å²) in [5, 5.41) is 12.8. The van der Waals surface area contributed by atoms with Gasteiger partial charge in [-0.2, -0.15) is 0 Å². The molecule has 0 unspecified atom stereocenters. The second kappa shape index (κ2) is 10.8. The Balaban J connectivity index is 0.00000300. The maximum atomic E-state index is 13.8. The van der Waals surface area contributed by atoms with Crippen LogP contribution in [0.2, 0.25) is 5.02 Å². The summed E-state index contributed by atoms with van der Waals surface area (Å²) in [6, 6.07) is 18.5. The van der Waals surface area contributed by atoms with Crippen LogP contribution in [-0.4, -0.2) is 11.1 Å². The fourth-order valence-electron chi connectivity index (χ4n) is 2.70. The number of rotatable bonds is 8. The van der Waals surface area contributed by atoms with E-state index in [4.69, 9.17) is 21.4 Å². The average Bonchev–Trinajstić information content (AvgIpc) is 2.69. The Morgan fingerprint density at radius 2 is 1.72 bits per heavy atom. The molecule has 0 heterocycles. The first-order chi connectivity index (χ1) is 13.5. The minimum atomic E-state index is -0.949. The number of aromatic carboxylic acids is 1. The molecular weight excluding hydrogens is 416 g/mol. The Bertz CT molecular complexity index is 965. The van der Waals surface area contributed by atoms with Crippen molar-refractivity contribution in [1.29, 1.82) is 0 Å². The van der Waals surface area contributed by atoms with Gasteiger partial charge in [-0.25, -0.2) is 9.18 Å². The lowest BCUT2D eigenvalue weighted by atomic mass is 10.1. The molecule has 29 heavy (non-hydrogen) atoms. The number of ether oxygens (including phenoxy) is 1. The second-order valence-electron chi connectivity index (χ2n) is 6.24. The molecule has 3 aromatic carbocycles. The quantitative estimate of drug-likeness (QED) is 0.492. The van der Waals surface area contributed by atoms with E-state index in [1.165, 1.54) is 6.07 Å². The number of benzene rings is 3. The third-order valence-corrected chi connectivity index (χ3v) is 4.44. The number of hydrogen-bond acceptors (Lipinski definition) is 3. The summed E-state index contributed by atoms with van der Waals surface area (Å²) >= 11 is 6.10. The Morgan fingerprint density at radius 3 is 2.41 bits per heavy atom. The molecule has 3 rings (SSSR count). The van der Waals surface area contributed by atoms with Gasteiger partial charge < -0.3 is 15.2 Å². The van der Waals surface area contributed by atoms with Crippen molar-refractivity contribution >= 4 is 30.0 Å². The molecule has 7 heteroatoms. The third-order valence-electron chi connectivity index (χ3n) is 4.21. The number of nitrogens with one attached hydrogen (secondary N) is 1. The molecule has 0 fully saturated rings. The van der Waals surface area contributed by atoms with Crippen molar-refractivity contribution in [3.8, 4) is 5.75 Å². The molecule has 0 aliphatic carbocycles. The van der Waals surface area contributed by atoms with Gasteiger partial charge in [0.1, 0.15) is 18.2 Å². The third kappa shape index (κ3) is 6.46. The standard InChI is InChI=1S/C22H19ClFNO3.ClH/c23-19-9-10-21(28-14-17-3-1-2-4-20(17)24)18(11-19)13-25-12-15-5-7-16(8-6-15)22(26)27;/h1-11,25H,12-14H2,(H,26,27);1H. The predicted molar refractivity (Wildman–Crippen MR) is 113 cm³/mol. The largest absolute Gasteiger partial charge is 0.488 e. The van der Waals surface area contributed by atoms with E-state index < -0.39 is 5.97 Å². The molecule has 0 aliphatic heterocycles. The zero-order valence-electron chi connectivity index (χ0n) is 15.4. The van der Waals surface area contributed by atoms with Crippen molar-refractivity contribution < 1.29 is 19.0 Å². The number of carboxylic acids is 1. The lowest BCUT2D eigenvalue weighted by Crippen LogP contribution is -2.14. The molecule has 4 nitrogen and oxygen atoms in total. The van der Waals surface area contributed by atoms with Crippen LogP contribution in [0.15, 0.2) is 66.7 Å². The smallest absolute Gasteiger partial charge is 0.335 e. The van der Waals surface area contributed by atoms with E-state index >= 15 is 0 Å². The highest BCUT2D eigenvalue weighted by Crippen LogP contribution is 2.24. The molecule has 152 valence electrons. The van der Waals surface area contributed by atoms with Gasteiger partial charge in [0.25, 0.3) is 0 Å². The van der Waals surface area contributed by atoms with E-state index in [0.29, 0.717) is 29.4 Å². The van der Waals surface area contributed by atoms with Crippen LogP contribution in [0.1, 0.15) is 27.0 Å². The lowest BCUT2D eigenvalue weighted by molar-refractivity contribution is 0.0697. The number of hydrogen-bond donors (Lipinski definition) is 2. The first kappa shape index (κ1) is 22.7. The lowest BCUT2D eigenvalue weighted by Gasteiger charge is -2.13. The molecule has 0 atom stereocenters. The minimum Gasteiger partial charge on any atom is -0.488 e. The van der Waals surface area contributed by atoms with Crippen molar-refractivity contribution in [2.45, 2.75) is 19.7 Å². The van der Waals surface area contributed by atoms with E-state index in [1.807, 2.05) is 0 Å². The summed E-state index contributed by atoms with van der Waals surface area (Å²) in [4.78, 5) is 10.9. The van der Waals surface area contributed by atoms with Gasteiger partial charge in [0, 0.05) is 29.2 Å². The van der Waals surface area contributed by atoms with Crippen LogP contribution in [0.25, 0.3) is 0 Å². The van der Waals surface area contributed by atoms with Crippen molar-refractivity contribution in [3.05, 3.63) is 99.8 Å². The van der Waals surface area contributed by atoms with Crippen LogP contribution >= 0.6 is 24.0 Å². The van der Waals surface area contributed by atoms with Gasteiger partial charge in [-0.1, -0.05) is 41.9 Å². The predicted octanol–water partition coefficient (Wildman–Crippen LogP) is 5.47.